The molecule has 0 radical (unpaired) electrons. The lowest BCUT2D eigenvalue weighted by molar-refractivity contribution is -0.132. The number of carboxylic acids is 1. The summed E-state index contributed by atoms with van der Waals surface area (Å²) in [5.41, 5.74) is 20.0. The number of nitrogens with zero attached hydrogens (tertiary/aromatic N) is 5. The summed E-state index contributed by atoms with van der Waals surface area (Å²) < 4.78 is 21.6. The Morgan fingerprint density at radius 3 is 1.20 bits per heavy atom. The zero-order valence-electron chi connectivity index (χ0n) is 48.4. The Bertz CT molecular complexity index is 2540. The molecule has 6 aliphatic rings. The number of unbranched alkanes of at least 4 members (excludes halogenated alkanes) is 6. The Morgan fingerprint density at radius 1 is 0.512 bits per heavy atom. The third kappa shape index (κ3) is 21.3. The average molecular weight is 1170 g/mol. The second kappa shape index (κ2) is 37.7. The molecule has 446 valence electrons. The van der Waals surface area contributed by atoms with E-state index >= 15 is 0 Å². The van der Waals surface area contributed by atoms with Gasteiger partial charge in [-0.15, -0.1) is 23.2 Å². The molecular formula is C65H89Cl2N7O8. The minimum atomic E-state index is -1.17. The lowest BCUT2D eigenvalue weighted by Gasteiger charge is -2.37. The van der Waals surface area contributed by atoms with Crippen molar-refractivity contribution in [1.82, 2.24) is 5.32 Å². The van der Waals surface area contributed by atoms with E-state index in [-0.39, 0.29) is 17.1 Å². The number of carbonyl (C=O) groups is 3. The molecule has 0 saturated carbocycles. The molecule has 4 N–H and O–H groups in total. The predicted molar refractivity (Wildman–Crippen MR) is 330 cm³/mol. The number of halogens is 2. The number of carbonyl (C=O) groups excluding carboxylic acids is 2. The first-order valence-electron chi connectivity index (χ1n) is 30.3. The van der Waals surface area contributed by atoms with Crippen molar-refractivity contribution in [2.24, 2.45) is 5.73 Å². The van der Waals surface area contributed by atoms with Gasteiger partial charge in [-0.25, -0.2) is 4.79 Å². The van der Waals surface area contributed by atoms with Crippen LogP contribution in [0.5, 0.6) is 0 Å². The fourth-order valence-electron chi connectivity index (χ4n) is 11.7. The number of amides is 1. The molecule has 0 unspecified atom stereocenters. The van der Waals surface area contributed by atoms with E-state index in [0.29, 0.717) is 52.7 Å². The van der Waals surface area contributed by atoms with E-state index in [4.69, 9.17) is 58.3 Å². The molecule has 0 spiro atoms. The minimum absolute atomic E-state index is 0.128. The maximum absolute atomic E-state index is 12.5. The number of nitrogens with two attached hydrogens (primary N) is 1. The lowest BCUT2D eigenvalue weighted by Crippen LogP contribution is -2.34. The molecule has 82 heavy (non-hydrogen) atoms. The van der Waals surface area contributed by atoms with Gasteiger partial charge in [-0.2, -0.15) is 10.5 Å². The van der Waals surface area contributed by atoms with Crippen LogP contribution >= 0.6 is 23.2 Å². The Kier molecular flexibility index (Phi) is 30.2. The summed E-state index contributed by atoms with van der Waals surface area (Å²) in [5.74, 6) is -0.0267. The summed E-state index contributed by atoms with van der Waals surface area (Å²) in [5, 5.41) is 30.1. The fourth-order valence-corrected chi connectivity index (χ4v) is 12.1. The van der Waals surface area contributed by atoms with Gasteiger partial charge in [-0.1, -0.05) is 25.7 Å². The standard InChI is InChI=1S/C26H36ClN3O3.C16H16N2O2.C13H15NO.C10H22ClNO2/c27-9-3-1-2-4-13-32-15-16-33-14-10-29-26(31)24(20-28)19-21-17-22-7-5-11-30-12-6-8-23(18-21)25(22)30;17-10-14(16(19)20)9-11-7-12-3-1-5-18-6-2-4-13(8-11)15(12)18;15-9-10-7-11-3-1-5-14-6-2-4-12(8-10)13(11)14;11-5-3-1-2-4-7-13-9-10-14-8-6-12/h17-19H,1-16H2,(H,29,31);7-9H,1-6H2,(H,19,20);7-9H,1-6H2;1-10,12H2/b24-19+;14-9+;;. The highest BCUT2D eigenvalue weighted by Crippen LogP contribution is 2.39. The topological polar surface area (TPSA) is 204 Å². The van der Waals surface area contributed by atoms with Gasteiger partial charge in [0.05, 0.1) is 39.6 Å². The number of rotatable bonds is 28. The largest absolute Gasteiger partial charge is 0.477 e. The first kappa shape index (κ1) is 65.7. The monoisotopic (exact) mass is 1170 g/mol. The van der Waals surface area contributed by atoms with Gasteiger partial charge in [-0.05, 0) is 196 Å². The summed E-state index contributed by atoms with van der Waals surface area (Å²) in [4.78, 5) is 41.7. The fraction of sp³-hybridized carbons (Fsp3) is 0.585. The van der Waals surface area contributed by atoms with Crippen molar-refractivity contribution >= 4 is 70.6 Å². The van der Waals surface area contributed by atoms with Crippen LogP contribution in [0.4, 0.5) is 17.1 Å². The maximum Gasteiger partial charge on any atom is 0.346 e. The number of aryl methyl sites for hydroxylation is 6. The molecule has 1 amide bonds. The van der Waals surface area contributed by atoms with E-state index in [1.54, 1.807) is 12.1 Å². The highest BCUT2D eigenvalue weighted by atomic mass is 35.5. The van der Waals surface area contributed by atoms with E-state index in [1.807, 2.05) is 12.1 Å². The molecule has 3 aromatic rings. The number of anilines is 3. The van der Waals surface area contributed by atoms with Crippen molar-refractivity contribution < 1.29 is 38.4 Å². The molecule has 6 heterocycles. The van der Waals surface area contributed by atoms with Crippen molar-refractivity contribution in [2.75, 3.05) is 132 Å². The number of hydrogen-bond acceptors (Lipinski definition) is 13. The summed E-state index contributed by atoms with van der Waals surface area (Å²) in [7, 11) is 0. The average Bonchev–Trinajstić information content (AvgIpc) is 3.64. The van der Waals surface area contributed by atoms with Gasteiger partial charge < -0.3 is 49.8 Å². The zero-order valence-corrected chi connectivity index (χ0v) is 50.0. The van der Waals surface area contributed by atoms with Crippen LogP contribution in [0.25, 0.3) is 12.2 Å². The minimum Gasteiger partial charge on any atom is -0.477 e. The number of alkyl halides is 2. The molecule has 9 rings (SSSR count). The third-order valence-corrected chi connectivity index (χ3v) is 16.0. The second-order valence-corrected chi connectivity index (χ2v) is 22.4. The van der Waals surface area contributed by atoms with Gasteiger partial charge in [0.15, 0.2) is 0 Å². The normalized spacial score (nSPS) is 15.5. The number of hydrogen-bond donors (Lipinski definition) is 3. The molecule has 17 heteroatoms. The zero-order chi connectivity index (χ0) is 58.2. The van der Waals surface area contributed by atoms with Gasteiger partial charge in [0.1, 0.15) is 29.6 Å². The summed E-state index contributed by atoms with van der Waals surface area (Å²) >= 11 is 11.2. The Labute approximate surface area is 498 Å². The molecule has 0 fully saturated rings. The molecule has 15 nitrogen and oxygen atoms in total. The second-order valence-electron chi connectivity index (χ2n) is 21.6. The SMILES string of the molecule is N#C/C(=C\c1cc2c3c(c1)CCCN3CCC2)C(=O)NCCOCCOCCCCCCCl.N#C/C(=C\c1cc2c3c(c1)CCCN3CCC2)C(=O)O.NCCOCCOCCCCCCCl.O=Cc1cc2c3c(c1)CCCN3CCC2. The smallest absolute Gasteiger partial charge is 0.346 e. The van der Waals surface area contributed by atoms with E-state index in [2.05, 4.69) is 50.4 Å². The number of benzene rings is 3. The van der Waals surface area contributed by atoms with E-state index in [9.17, 15) is 19.6 Å². The molecule has 0 aromatic heterocycles. The summed E-state index contributed by atoms with van der Waals surface area (Å²) in [6.45, 7) is 12.8. The number of carboxylic acid groups (broad SMARTS) is 1. The number of ether oxygens (including phenoxy) is 4. The van der Waals surface area contributed by atoms with Crippen LogP contribution in [0.2, 0.25) is 0 Å². The van der Waals surface area contributed by atoms with Crippen molar-refractivity contribution in [3.05, 3.63) is 97.6 Å². The lowest BCUT2D eigenvalue weighted by atomic mass is 9.89. The third-order valence-electron chi connectivity index (χ3n) is 15.4. The predicted octanol–water partition coefficient (Wildman–Crippen LogP) is 10.6. The number of nitrogens with one attached hydrogen (secondary N) is 1. The first-order chi connectivity index (χ1) is 40.2. The van der Waals surface area contributed by atoms with Crippen LogP contribution in [0.3, 0.4) is 0 Å². The maximum atomic E-state index is 12.5. The Hall–Kier alpha value is -5.49. The molecule has 0 bridgehead atoms. The van der Waals surface area contributed by atoms with Crippen LogP contribution in [0.1, 0.15) is 145 Å². The summed E-state index contributed by atoms with van der Waals surface area (Å²) in [6.07, 6.45) is 26.7. The molecular weight excluding hydrogens is 1080 g/mol. The molecule has 0 saturated heterocycles. The van der Waals surface area contributed by atoms with Crippen LogP contribution in [-0.2, 0) is 67.1 Å². The van der Waals surface area contributed by atoms with Gasteiger partial charge >= 0.3 is 5.97 Å². The van der Waals surface area contributed by atoms with Crippen molar-refractivity contribution in [2.45, 2.75) is 128 Å². The van der Waals surface area contributed by atoms with E-state index in [1.165, 1.54) is 95.3 Å². The molecule has 3 aromatic carbocycles. The number of aldehydes is 1. The quantitative estimate of drug-likeness (QED) is 0.0204. The van der Waals surface area contributed by atoms with Crippen LogP contribution in [0.15, 0.2) is 47.5 Å². The van der Waals surface area contributed by atoms with Crippen LogP contribution in [-0.4, -0.2) is 140 Å². The molecule has 0 atom stereocenters. The highest BCUT2D eigenvalue weighted by molar-refractivity contribution is 6.18. The van der Waals surface area contributed by atoms with Crippen molar-refractivity contribution in [3.8, 4) is 12.1 Å². The first-order valence-corrected chi connectivity index (χ1v) is 31.3. The van der Waals surface area contributed by atoms with Crippen molar-refractivity contribution in [3.63, 3.8) is 0 Å². The van der Waals surface area contributed by atoms with Crippen molar-refractivity contribution in [1.29, 1.82) is 10.5 Å². The number of nitriles is 2. The Morgan fingerprint density at radius 2 is 0.854 bits per heavy atom. The van der Waals surface area contributed by atoms with Gasteiger partial charge in [-0.3, -0.25) is 9.59 Å². The van der Waals surface area contributed by atoms with Gasteiger partial charge in [0.25, 0.3) is 5.91 Å². The van der Waals surface area contributed by atoms with Crippen LogP contribution < -0.4 is 25.8 Å². The highest BCUT2D eigenvalue weighted by Gasteiger charge is 2.27. The number of aliphatic carboxylic acids is 1. The van der Waals surface area contributed by atoms with E-state index in [0.717, 1.165) is 177 Å². The van der Waals surface area contributed by atoms with Crippen LogP contribution in [0, 0.1) is 22.7 Å². The molecule has 6 aliphatic heterocycles. The van der Waals surface area contributed by atoms with E-state index < -0.39 is 5.97 Å². The molecule has 0 aliphatic carbocycles. The summed E-state index contributed by atoms with van der Waals surface area (Å²) in [6, 6.07) is 16.3. The van der Waals surface area contributed by atoms with Gasteiger partial charge in [0, 0.05) is 100.0 Å². The van der Waals surface area contributed by atoms with Gasteiger partial charge in [0.2, 0.25) is 0 Å². The Balaban J connectivity index is 0.000000188.